The molecule has 6 heteroatoms. The molecule has 0 saturated heterocycles. The van der Waals surface area contributed by atoms with Gasteiger partial charge in [0.1, 0.15) is 5.82 Å². The van der Waals surface area contributed by atoms with Gasteiger partial charge in [-0.05, 0) is 42.3 Å². The molecule has 1 amide bonds. The molecular formula is C25H18FN3O2. The second-order valence-electron chi connectivity index (χ2n) is 7.41. The molecule has 0 atom stereocenters. The molecule has 1 aliphatic rings. The molecule has 152 valence electrons. The van der Waals surface area contributed by atoms with Crippen molar-refractivity contribution >= 4 is 23.0 Å². The highest BCUT2D eigenvalue weighted by molar-refractivity contribution is 6.17. The van der Waals surface area contributed by atoms with E-state index in [0.717, 1.165) is 16.8 Å². The van der Waals surface area contributed by atoms with Gasteiger partial charge < -0.3 is 9.84 Å². The first-order chi connectivity index (χ1) is 15.1. The molecule has 1 aliphatic heterocycles. The first kappa shape index (κ1) is 18.9. The van der Waals surface area contributed by atoms with Crippen LogP contribution in [0.3, 0.4) is 0 Å². The van der Waals surface area contributed by atoms with Crippen molar-refractivity contribution in [1.29, 1.82) is 0 Å². The van der Waals surface area contributed by atoms with Gasteiger partial charge in [-0.3, -0.25) is 9.79 Å². The van der Waals surface area contributed by atoms with Gasteiger partial charge in [-0.1, -0.05) is 47.6 Å². The fourth-order valence-electron chi connectivity index (χ4n) is 3.65. The zero-order chi connectivity index (χ0) is 21.4. The Labute approximate surface area is 178 Å². The van der Waals surface area contributed by atoms with E-state index in [9.17, 15) is 9.18 Å². The number of halogens is 1. The van der Waals surface area contributed by atoms with Crippen molar-refractivity contribution in [2.45, 2.75) is 13.3 Å². The molecule has 5 nitrogen and oxygen atoms in total. The molecule has 5 rings (SSSR count). The molecule has 0 saturated carbocycles. The van der Waals surface area contributed by atoms with Crippen molar-refractivity contribution in [1.82, 2.24) is 5.16 Å². The summed E-state index contributed by atoms with van der Waals surface area (Å²) in [7, 11) is 0. The summed E-state index contributed by atoms with van der Waals surface area (Å²) in [6.45, 7) is 1.86. The Balaban J connectivity index is 1.55. The zero-order valence-corrected chi connectivity index (χ0v) is 16.7. The number of aliphatic imine (C=N–C) groups is 1. The molecule has 4 aromatic rings. The minimum absolute atomic E-state index is 0.128. The van der Waals surface area contributed by atoms with Crippen LogP contribution in [0.5, 0.6) is 0 Å². The smallest absolute Gasteiger partial charge is 0.230 e. The molecule has 0 fully saturated rings. The number of benzene rings is 3. The Kier molecular flexibility index (Phi) is 4.67. The van der Waals surface area contributed by atoms with Gasteiger partial charge in [0.25, 0.3) is 0 Å². The maximum atomic E-state index is 14.2. The summed E-state index contributed by atoms with van der Waals surface area (Å²) in [6.07, 6.45) is 0.128. The first-order valence-electron chi connectivity index (χ1n) is 9.87. The molecule has 0 radical (unpaired) electrons. The number of hydrogen-bond donors (Lipinski definition) is 1. The van der Waals surface area contributed by atoms with Crippen molar-refractivity contribution in [3.63, 3.8) is 0 Å². The average Bonchev–Trinajstić information content (AvgIpc) is 3.13. The number of aromatic nitrogens is 1. The van der Waals surface area contributed by atoms with Gasteiger partial charge >= 0.3 is 0 Å². The maximum absolute atomic E-state index is 14.2. The molecule has 0 aliphatic carbocycles. The van der Waals surface area contributed by atoms with Crippen molar-refractivity contribution in [3.8, 4) is 22.5 Å². The van der Waals surface area contributed by atoms with E-state index >= 15 is 0 Å². The second-order valence-corrected chi connectivity index (χ2v) is 7.41. The number of amides is 1. The highest BCUT2D eigenvalue weighted by atomic mass is 19.1. The Bertz CT molecular complexity index is 1340. The van der Waals surface area contributed by atoms with E-state index in [1.54, 1.807) is 30.3 Å². The van der Waals surface area contributed by atoms with Crippen LogP contribution in [-0.4, -0.2) is 16.8 Å². The van der Waals surface area contributed by atoms with E-state index in [0.29, 0.717) is 34.0 Å². The van der Waals surface area contributed by atoms with E-state index < -0.39 is 0 Å². The predicted molar refractivity (Wildman–Crippen MR) is 118 cm³/mol. The SMILES string of the molecule is Cc1cc(-c2cccc(C3=Nc4ccc(-c5ccccc5F)cc4NC(=O)C3)c2)on1. The number of anilines is 1. The molecule has 1 N–H and O–H groups in total. The molecule has 0 spiro atoms. The molecule has 2 heterocycles. The van der Waals surface area contributed by atoms with Crippen LogP contribution in [0, 0.1) is 12.7 Å². The quantitative estimate of drug-likeness (QED) is 0.455. The number of nitrogens with one attached hydrogen (secondary N) is 1. The lowest BCUT2D eigenvalue weighted by atomic mass is 10.0. The lowest BCUT2D eigenvalue weighted by molar-refractivity contribution is -0.115. The summed E-state index contributed by atoms with van der Waals surface area (Å²) < 4.78 is 19.6. The Morgan fingerprint density at radius 2 is 1.77 bits per heavy atom. The summed E-state index contributed by atoms with van der Waals surface area (Å²) in [6, 6.07) is 21.5. The molecule has 31 heavy (non-hydrogen) atoms. The van der Waals surface area contributed by atoms with Crippen LogP contribution in [0.4, 0.5) is 15.8 Å². The fourth-order valence-corrected chi connectivity index (χ4v) is 3.65. The highest BCUT2D eigenvalue weighted by Crippen LogP contribution is 2.34. The van der Waals surface area contributed by atoms with Gasteiger partial charge in [-0.25, -0.2) is 4.39 Å². The van der Waals surface area contributed by atoms with Gasteiger partial charge in [0.2, 0.25) is 5.91 Å². The van der Waals surface area contributed by atoms with Crippen LogP contribution in [0.1, 0.15) is 17.7 Å². The summed E-state index contributed by atoms with van der Waals surface area (Å²) in [4.78, 5) is 17.4. The minimum atomic E-state index is -0.314. The Hall–Kier alpha value is -4.06. The third-order valence-corrected chi connectivity index (χ3v) is 5.15. The first-order valence-corrected chi connectivity index (χ1v) is 9.87. The summed E-state index contributed by atoms with van der Waals surface area (Å²) in [5.74, 6) is 0.170. The summed E-state index contributed by atoms with van der Waals surface area (Å²) in [5.41, 5.74) is 5.47. The van der Waals surface area contributed by atoms with Crippen LogP contribution in [0.25, 0.3) is 22.5 Å². The predicted octanol–water partition coefficient (Wildman–Crippen LogP) is 5.92. The van der Waals surface area contributed by atoms with Gasteiger partial charge in [0, 0.05) is 17.2 Å². The average molecular weight is 411 g/mol. The topological polar surface area (TPSA) is 67.5 Å². The summed E-state index contributed by atoms with van der Waals surface area (Å²) >= 11 is 0. The molecular weight excluding hydrogens is 393 g/mol. The van der Waals surface area contributed by atoms with E-state index in [-0.39, 0.29) is 18.1 Å². The van der Waals surface area contributed by atoms with Gasteiger partial charge in [0.15, 0.2) is 5.76 Å². The Morgan fingerprint density at radius 3 is 2.58 bits per heavy atom. The maximum Gasteiger partial charge on any atom is 0.230 e. The van der Waals surface area contributed by atoms with Gasteiger partial charge in [-0.2, -0.15) is 0 Å². The molecule has 0 bridgehead atoms. The van der Waals surface area contributed by atoms with Crippen LogP contribution < -0.4 is 5.32 Å². The lowest BCUT2D eigenvalue weighted by Crippen LogP contribution is -2.15. The Morgan fingerprint density at radius 1 is 0.935 bits per heavy atom. The van der Waals surface area contributed by atoms with Crippen molar-refractivity contribution < 1.29 is 13.7 Å². The number of fused-ring (bicyclic) bond motifs is 1. The second kappa shape index (κ2) is 7.65. The number of nitrogens with zero attached hydrogens (tertiary/aromatic N) is 2. The number of rotatable bonds is 3. The van der Waals surface area contributed by atoms with Crippen LogP contribution >= 0.6 is 0 Å². The largest absolute Gasteiger partial charge is 0.356 e. The normalized spacial score (nSPS) is 13.2. The molecule has 0 unspecified atom stereocenters. The molecule has 1 aromatic heterocycles. The number of carbonyl (C=O) groups excluding carboxylic acids is 1. The summed E-state index contributed by atoms with van der Waals surface area (Å²) in [5, 5.41) is 6.83. The van der Waals surface area contributed by atoms with Crippen molar-refractivity contribution in [2.24, 2.45) is 4.99 Å². The minimum Gasteiger partial charge on any atom is -0.356 e. The number of hydrogen-bond acceptors (Lipinski definition) is 4. The molecule has 3 aromatic carbocycles. The number of carbonyl (C=O) groups is 1. The van der Waals surface area contributed by atoms with E-state index in [2.05, 4.69) is 10.5 Å². The van der Waals surface area contributed by atoms with E-state index in [4.69, 9.17) is 9.52 Å². The fraction of sp³-hybridized carbons (Fsp3) is 0.0800. The van der Waals surface area contributed by atoms with Crippen LogP contribution in [0.15, 0.2) is 82.3 Å². The zero-order valence-electron chi connectivity index (χ0n) is 16.7. The van der Waals surface area contributed by atoms with Crippen molar-refractivity contribution in [2.75, 3.05) is 5.32 Å². The lowest BCUT2D eigenvalue weighted by Gasteiger charge is -2.09. The van der Waals surface area contributed by atoms with Crippen LogP contribution in [0.2, 0.25) is 0 Å². The highest BCUT2D eigenvalue weighted by Gasteiger charge is 2.19. The number of aryl methyl sites for hydroxylation is 1. The van der Waals surface area contributed by atoms with E-state index in [1.165, 1.54) is 6.07 Å². The van der Waals surface area contributed by atoms with Crippen molar-refractivity contribution in [3.05, 3.63) is 89.9 Å². The monoisotopic (exact) mass is 411 g/mol. The third kappa shape index (κ3) is 3.75. The van der Waals surface area contributed by atoms with Gasteiger partial charge in [-0.15, -0.1) is 0 Å². The van der Waals surface area contributed by atoms with Crippen LogP contribution in [-0.2, 0) is 4.79 Å². The third-order valence-electron chi connectivity index (χ3n) is 5.15. The standard InChI is InChI=1S/C25H18FN3O2/c1-15-11-24(31-29-15)18-6-4-5-17(12-18)22-14-25(30)28-23-13-16(9-10-21(23)27-22)19-7-2-3-8-20(19)26/h2-13H,14H2,1H3,(H,28,30). The van der Waals surface area contributed by atoms with E-state index in [1.807, 2.05) is 43.3 Å². The van der Waals surface area contributed by atoms with Gasteiger partial charge in [0.05, 0.1) is 29.2 Å².